The molecule has 1 aromatic rings. The lowest BCUT2D eigenvalue weighted by atomic mass is 10.2. The van der Waals surface area contributed by atoms with Gasteiger partial charge in [0, 0.05) is 4.88 Å². The van der Waals surface area contributed by atoms with E-state index < -0.39 is 0 Å². The van der Waals surface area contributed by atoms with E-state index in [1.807, 2.05) is 0 Å². The van der Waals surface area contributed by atoms with Crippen molar-refractivity contribution in [1.82, 2.24) is 0 Å². The summed E-state index contributed by atoms with van der Waals surface area (Å²) in [6.07, 6.45) is 3.49. The summed E-state index contributed by atoms with van der Waals surface area (Å²) in [5.41, 5.74) is 2.17. The number of halogens is 1. The van der Waals surface area contributed by atoms with Crippen LogP contribution in [-0.2, 0) is 12.8 Å². The van der Waals surface area contributed by atoms with Crippen LogP contribution in [0.2, 0.25) is 0 Å². The molecule has 11 heavy (non-hydrogen) atoms. The third-order valence-corrected chi connectivity index (χ3v) is 3.95. The van der Waals surface area contributed by atoms with Gasteiger partial charge < -0.3 is 0 Å². The monoisotopic (exact) mass is 227 g/mol. The Balaban J connectivity index is 2.63. The van der Waals surface area contributed by atoms with E-state index >= 15 is 0 Å². The van der Waals surface area contributed by atoms with Gasteiger partial charge in [-0.1, -0.05) is 0 Å². The molecular weight excluding hydrogens is 222 g/mol. The number of hydrogen-bond acceptors (Lipinski definition) is 2. The minimum atomic E-state index is 0.877. The smallest absolute Gasteiger partial charge is 0.102 e. The molecule has 2 rings (SSSR count). The van der Waals surface area contributed by atoms with Crippen molar-refractivity contribution in [3.63, 3.8) is 0 Å². The van der Waals surface area contributed by atoms with E-state index in [0.717, 1.165) is 15.8 Å². The summed E-state index contributed by atoms with van der Waals surface area (Å²) < 4.78 is 1.02. The van der Waals surface area contributed by atoms with Gasteiger partial charge in [0.05, 0.1) is 9.35 Å². The van der Waals surface area contributed by atoms with Gasteiger partial charge in [-0.2, -0.15) is 5.26 Å². The van der Waals surface area contributed by atoms with Gasteiger partial charge in [-0.15, -0.1) is 11.3 Å². The molecule has 3 heteroatoms. The molecule has 0 N–H and O–H groups in total. The van der Waals surface area contributed by atoms with Crippen LogP contribution in [-0.4, -0.2) is 0 Å². The fourth-order valence-corrected chi connectivity index (χ4v) is 3.46. The Bertz CT molecular complexity index is 335. The van der Waals surface area contributed by atoms with Crippen molar-refractivity contribution in [2.45, 2.75) is 19.3 Å². The van der Waals surface area contributed by atoms with Crippen LogP contribution in [0.5, 0.6) is 0 Å². The first-order chi connectivity index (χ1) is 5.33. The Morgan fingerprint density at radius 2 is 2.27 bits per heavy atom. The number of aryl methyl sites for hydroxylation is 1. The number of hydrogen-bond donors (Lipinski definition) is 0. The minimum absolute atomic E-state index is 0.877. The highest BCUT2D eigenvalue weighted by molar-refractivity contribution is 9.11. The highest BCUT2D eigenvalue weighted by Gasteiger charge is 2.20. The quantitative estimate of drug-likeness (QED) is 0.669. The SMILES string of the molecule is N#Cc1c(Br)sc2c1CCC2. The van der Waals surface area contributed by atoms with Crippen molar-refractivity contribution in [1.29, 1.82) is 5.26 Å². The largest absolute Gasteiger partial charge is 0.192 e. The van der Waals surface area contributed by atoms with Crippen molar-refractivity contribution in [3.05, 3.63) is 19.8 Å². The van der Waals surface area contributed by atoms with E-state index in [-0.39, 0.29) is 0 Å². The molecule has 1 nitrogen and oxygen atoms in total. The molecule has 0 amide bonds. The van der Waals surface area contributed by atoms with Gasteiger partial charge in [-0.3, -0.25) is 0 Å². The van der Waals surface area contributed by atoms with Crippen LogP contribution in [0.4, 0.5) is 0 Å². The van der Waals surface area contributed by atoms with Crippen LogP contribution in [0.3, 0.4) is 0 Å². The van der Waals surface area contributed by atoms with Gasteiger partial charge in [0.2, 0.25) is 0 Å². The lowest BCUT2D eigenvalue weighted by molar-refractivity contribution is 0.913. The number of rotatable bonds is 0. The summed E-state index contributed by atoms with van der Waals surface area (Å²) in [5, 5.41) is 8.80. The van der Waals surface area contributed by atoms with Gasteiger partial charge in [-0.05, 0) is 40.8 Å². The zero-order chi connectivity index (χ0) is 7.84. The van der Waals surface area contributed by atoms with Crippen LogP contribution >= 0.6 is 27.3 Å². The molecule has 1 aromatic heterocycles. The van der Waals surface area contributed by atoms with Crippen molar-refractivity contribution in [3.8, 4) is 6.07 Å². The summed E-state index contributed by atoms with van der Waals surface area (Å²) in [6.45, 7) is 0. The molecular formula is C8H6BrNS. The average molecular weight is 228 g/mol. The Kier molecular flexibility index (Phi) is 1.74. The maximum atomic E-state index is 8.80. The molecule has 0 atom stereocenters. The predicted molar refractivity (Wildman–Crippen MR) is 48.8 cm³/mol. The van der Waals surface area contributed by atoms with Crippen LogP contribution < -0.4 is 0 Å². The Morgan fingerprint density at radius 3 is 3.00 bits per heavy atom. The first-order valence-electron chi connectivity index (χ1n) is 3.53. The van der Waals surface area contributed by atoms with Gasteiger partial charge in [0.25, 0.3) is 0 Å². The molecule has 0 aromatic carbocycles. The van der Waals surface area contributed by atoms with Gasteiger partial charge >= 0.3 is 0 Å². The second-order valence-corrected chi connectivity index (χ2v) is 5.04. The summed E-state index contributed by atoms with van der Waals surface area (Å²) in [6, 6.07) is 2.24. The van der Waals surface area contributed by atoms with Crippen molar-refractivity contribution in [2.24, 2.45) is 0 Å². The molecule has 0 radical (unpaired) electrons. The van der Waals surface area contributed by atoms with Crippen molar-refractivity contribution in [2.75, 3.05) is 0 Å². The summed E-state index contributed by atoms with van der Waals surface area (Å²) in [5.74, 6) is 0. The molecule has 56 valence electrons. The lowest BCUT2D eigenvalue weighted by Crippen LogP contribution is -1.79. The van der Waals surface area contributed by atoms with Crippen LogP contribution in [0, 0.1) is 11.3 Å². The molecule has 0 saturated carbocycles. The zero-order valence-corrected chi connectivity index (χ0v) is 8.26. The molecule has 1 aliphatic carbocycles. The van der Waals surface area contributed by atoms with Gasteiger partial charge in [0.1, 0.15) is 6.07 Å². The first-order valence-corrected chi connectivity index (χ1v) is 5.14. The standard InChI is InChI=1S/C8H6BrNS/c9-8-6(4-10)5-2-1-3-7(5)11-8/h1-3H2. The van der Waals surface area contributed by atoms with Crippen LogP contribution in [0.15, 0.2) is 3.79 Å². The molecule has 1 heterocycles. The lowest BCUT2D eigenvalue weighted by Gasteiger charge is -1.87. The molecule has 0 saturated heterocycles. The first kappa shape index (κ1) is 7.33. The Hall–Kier alpha value is -0.330. The van der Waals surface area contributed by atoms with E-state index in [9.17, 15) is 0 Å². The topological polar surface area (TPSA) is 23.8 Å². The van der Waals surface area contributed by atoms with Gasteiger partial charge in [-0.25, -0.2) is 0 Å². The van der Waals surface area contributed by atoms with Crippen LogP contribution in [0.1, 0.15) is 22.4 Å². The van der Waals surface area contributed by atoms with E-state index in [1.54, 1.807) is 11.3 Å². The van der Waals surface area contributed by atoms with E-state index in [0.29, 0.717) is 0 Å². The average Bonchev–Trinajstić information content (AvgIpc) is 2.46. The molecule has 0 spiro atoms. The second-order valence-electron chi connectivity index (χ2n) is 2.62. The summed E-state index contributed by atoms with van der Waals surface area (Å²) in [7, 11) is 0. The highest BCUT2D eigenvalue weighted by atomic mass is 79.9. The minimum Gasteiger partial charge on any atom is -0.192 e. The van der Waals surface area contributed by atoms with E-state index in [1.165, 1.54) is 23.3 Å². The Morgan fingerprint density at radius 1 is 1.45 bits per heavy atom. The maximum absolute atomic E-state index is 8.80. The Labute approximate surface area is 77.8 Å². The molecule has 0 aliphatic heterocycles. The maximum Gasteiger partial charge on any atom is 0.102 e. The fraction of sp³-hybridized carbons (Fsp3) is 0.375. The molecule has 0 unspecified atom stereocenters. The summed E-state index contributed by atoms with van der Waals surface area (Å²) in [4.78, 5) is 1.41. The number of nitriles is 1. The fourth-order valence-electron chi connectivity index (χ4n) is 1.48. The van der Waals surface area contributed by atoms with E-state index in [4.69, 9.17) is 5.26 Å². The zero-order valence-electron chi connectivity index (χ0n) is 5.85. The normalized spacial score (nSPS) is 14.5. The third-order valence-electron chi connectivity index (χ3n) is 1.99. The van der Waals surface area contributed by atoms with Gasteiger partial charge in [0.15, 0.2) is 0 Å². The molecule has 1 aliphatic rings. The van der Waals surface area contributed by atoms with Crippen molar-refractivity contribution < 1.29 is 0 Å². The number of fused-ring (bicyclic) bond motifs is 1. The summed E-state index contributed by atoms with van der Waals surface area (Å²) >= 11 is 5.12. The molecule has 0 bridgehead atoms. The van der Waals surface area contributed by atoms with Crippen molar-refractivity contribution >= 4 is 27.3 Å². The third kappa shape index (κ3) is 1.02. The number of thiophene rings is 1. The second kappa shape index (κ2) is 2.62. The van der Waals surface area contributed by atoms with Crippen LogP contribution in [0.25, 0.3) is 0 Å². The number of nitrogens with zero attached hydrogens (tertiary/aromatic N) is 1. The van der Waals surface area contributed by atoms with E-state index in [2.05, 4.69) is 22.0 Å². The predicted octanol–water partition coefficient (Wildman–Crippen LogP) is 2.87. The highest BCUT2D eigenvalue weighted by Crippen LogP contribution is 2.37. The molecule has 0 fully saturated rings.